The van der Waals surface area contributed by atoms with E-state index < -0.39 is 5.54 Å². The van der Waals surface area contributed by atoms with E-state index >= 15 is 0 Å². The Morgan fingerprint density at radius 1 is 1.32 bits per heavy atom. The van der Waals surface area contributed by atoms with Crippen molar-refractivity contribution in [2.45, 2.75) is 5.54 Å². The molecule has 1 aliphatic heterocycles. The molecular weight excluding hydrogens is 262 g/mol. The van der Waals surface area contributed by atoms with Gasteiger partial charge >= 0.3 is 0 Å². The Morgan fingerprint density at radius 2 is 2.05 bits per heavy atom. The zero-order chi connectivity index (χ0) is 13.6. The molecule has 1 atom stereocenters. The Morgan fingerprint density at radius 3 is 2.79 bits per heavy atom. The summed E-state index contributed by atoms with van der Waals surface area (Å²) >= 11 is 5.89. The number of halogens is 1. The molecule has 0 spiro atoms. The second kappa shape index (κ2) is 4.23. The third kappa shape index (κ3) is 1.82. The van der Waals surface area contributed by atoms with E-state index in [1.54, 1.807) is 24.3 Å². The van der Waals surface area contributed by atoms with Crippen molar-refractivity contribution >= 4 is 24.9 Å². The van der Waals surface area contributed by atoms with Gasteiger partial charge in [-0.1, -0.05) is 29.2 Å². The first-order valence-corrected chi connectivity index (χ1v) is 6.06. The van der Waals surface area contributed by atoms with Crippen molar-refractivity contribution in [2.24, 2.45) is 5.73 Å². The first kappa shape index (κ1) is 12.5. The SMILES string of the molecule is [B]c1ccc2c(c1)C(N)(CO)c1cc(Cl)ncc1O2. The molecule has 3 N–H and O–H groups in total. The molecule has 2 aromatic rings. The summed E-state index contributed by atoms with van der Waals surface area (Å²) < 4.78 is 5.72. The summed E-state index contributed by atoms with van der Waals surface area (Å²) in [7, 11) is 5.78. The normalized spacial score (nSPS) is 20.4. The van der Waals surface area contributed by atoms with Crippen LogP contribution in [0, 0.1) is 0 Å². The highest BCUT2D eigenvalue weighted by atomic mass is 35.5. The van der Waals surface area contributed by atoms with Gasteiger partial charge < -0.3 is 15.6 Å². The number of rotatable bonds is 1. The minimum Gasteiger partial charge on any atom is -0.455 e. The molecule has 1 unspecified atom stereocenters. The van der Waals surface area contributed by atoms with Crippen LogP contribution in [0.5, 0.6) is 11.5 Å². The van der Waals surface area contributed by atoms with E-state index in [0.29, 0.717) is 28.1 Å². The van der Waals surface area contributed by atoms with Gasteiger partial charge in [0.25, 0.3) is 0 Å². The highest BCUT2D eigenvalue weighted by Gasteiger charge is 2.39. The van der Waals surface area contributed by atoms with Crippen LogP contribution < -0.4 is 15.9 Å². The summed E-state index contributed by atoms with van der Waals surface area (Å²) in [5.41, 5.74) is 7.01. The van der Waals surface area contributed by atoms with Crippen LogP contribution in [-0.4, -0.2) is 24.5 Å². The predicted octanol–water partition coefficient (Wildman–Crippen LogP) is 0.829. The minimum absolute atomic E-state index is 0.290. The third-order valence-corrected chi connectivity index (χ3v) is 3.47. The number of aliphatic hydroxyl groups is 1. The van der Waals surface area contributed by atoms with E-state index in [-0.39, 0.29) is 11.8 Å². The highest BCUT2D eigenvalue weighted by molar-refractivity contribution is 6.32. The molecule has 0 saturated heterocycles. The van der Waals surface area contributed by atoms with Crippen LogP contribution in [0.25, 0.3) is 0 Å². The van der Waals surface area contributed by atoms with Crippen molar-refractivity contribution in [3.63, 3.8) is 0 Å². The summed E-state index contributed by atoms with van der Waals surface area (Å²) in [6.45, 7) is -0.292. The molecule has 1 aromatic carbocycles. The van der Waals surface area contributed by atoms with Crippen LogP contribution in [0.1, 0.15) is 11.1 Å². The van der Waals surface area contributed by atoms with Gasteiger partial charge in [0.1, 0.15) is 18.7 Å². The lowest BCUT2D eigenvalue weighted by Crippen LogP contribution is -2.44. The van der Waals surface area contributed by atoms with Crippen molar-refractivity contribution in [1.29, 1.82) is 0 Å². The van der Waals surface area contributed by atoms with Gasteiger partial charge in [0.2, 0.25) is 0 Å². The zero-order valence-corrected chi connectivity index (χ0v) is 10.7. The fourth-order valence-electron chi connectivity index (χ4n) is 2.27. The van der Waals surface area contributed by atoms with Crippen molar-refractivity contribution in [3.8, 4) is 11.5 Å². The molecular formula is C13H10BClN2O2. The summed E-state index contributed by atoms with van der Waals surface area (Å²) in [6, 6.07) is 6.73. The first-order chi connectivity index (χ1) is 9.04. The lowest BCUT2D eigenvalue weighted by Gasteiger charge is -2.35. The quantitative estimate of drug-likeness (QED) is 0.596. The average molecular weight is 273 g/mol. The van der Waals surface area contributed by atoms with Crippen LogP contribution in [0.3, 0.4) is 0 Å². The van der Waals surface area contributed by atoms with Crippen LogP contribution >= 0.6 is 11.6 Å². The number of fused-ring (bicyclic) bond motifs is 2. The average Bonchev–Trinajstić information content (AvgIpc) is 2.41. The second-order valence-electron chi connectivity index (χ2n) is 4.49. The van der Waals surface area contributed by atoms with Gasteiger partial charge in [-0.2, -0.15) is 0 Å². The van der Waals surface area contributed by atoms with E-state index in [2.05, 4.69) is 4.98 Å². The standard InChI is InChI=1S/C13H10BClN2O2/c14-7-1-2-10-8(3-7)13(16,6-18)9-4-12(15)17-5-11(9)19-10/h1-5,18H,6,16H2. The molecule has 2 radical (unpaired) electrons. The third-order valence-electron chi connectivity index (χ3n) is 3.27. The molecule has 1 aromatic heterocycles. The van der Waals surface area contributed by atoms with Gasteiger partial charge in [-0.3, -0.25) is 0 Å². The topological polar surface area (TPSA) is 68.4 Å². The van der Waals surface area contributed by atoms with Crippen molar-refractivity contribution < 1.29 is 9.84 Å². The predicted molar refractivity (Wildman–Crippen MR) is 73.2 cm³/mol. The number of ether oxygens (including phenoxy) is 1. The smallest absolute Gasteiger partial charge is 0.151 e. The van der Waals surface area contributed by atoms with E-state index in [9.17, 15) is 5.11 Å². The lowest BCUT2D eigenvalue weighted by atomic mass is 9.79. The van der Waals surface area contributed by atoms with Crippen molar-refractivity contribution in [2.75, 3.05) is 6.61 Å². The van der Waals surface area contributed by atoms with Gasteiger partial charge in [0.15, 0.2) is 5.75 Å². The molecule has 94 valence electrons. The number of hydrogen-bond donors (Lipinski definition) is 2. The number of benzene rings is 1. The molecule has 1 aliphatic rings. The van der Waals surface area contributed by atoms with Gasteiger partial charge in [-0.15, -0.1) is 0 Å². The van der Waals surface area contributed by atoms with Gasteiger partial charge in [-0.25, -0.2) is 4.98 Å². The molecule has 6 heteroatoms. The Balaban J connectivity index is 2.29. The summed E-state index contributed by atoms with van der Waals surface area (Å²) in [5, 5.41) is 10.0. The van der Waals surface area contributed by atoms with E-state index in [4.69, 9.17) is 29.9 Å². The van der Waals surface area contributed by atoms with E-state index in [1.807, 2.05) is 0 Å². The Bertz CT molecular complexity index is 612. The van der Waals surface area contributed by atoms with Crippen LogP contribution in [0.4, 0.5) is 0 Å². The van der Waals surface area contributed by atoms with Crippen LogP contribution in [-0.2, 0) is 5.54 Å². The largest absolute Gasteiger partial charge is 0.455 e. The Labute approximate surface area is 116 Å². The number of aromatic nitrogens is 1. The minimum atomic E-state index is -1.11. The van der Waals surface area contributed by atoms with Crippen molar-refractivity contribution in [3.05, 3.63) is 46.7 Å². The van der Waals surface area contributed by atoms with E-state index in [1.165, 1.54) is 6.20 Å². The van der Waals surface area contributed by atoms with Crippen molar-refractivity contribution in [1.82, 2.24) is 4.98 Å². The highest BCUT2D eigenvalue weighted by Crippen LogP contribution is 2.44. The maximum absolute atomic E-state index is 9.74. The maximum Gasteiger partial charge on any atom is 0.151 e. The summed E-state index contributed by atoms with van der Waals surface area (Å²) in [6.07, 6.45) is 1.49. The molecule has 0 bridgehead atoms. The summed E-state index contributed by atoms with van der Waals surface area (Å²) in [5.74, 6) is 1.04. The number of nitrogens with two attached hydrogens (primary N) is 1. The number of nitrogens with zero attached hydrogens (tertiary/aromatic N) is 1. The summed E-state index contributed by atoms with van der Waals surface area (Å²) in [4.78, 5) is 3.96. The molecule has 3 rings (SSSR count). The van der Waals surface area contributed by atoms with Gasteiger partial charge in [0.05, 0.1) is 18.3 Å². The van der Waals surface area contributed by atoms with E-state index in [0.717, 1.165) is 0 Å². The zero-order valence-electron chi connectivity index (χ0n) is 9.93. The van der Waals surface area contributed by atoms with Crippen LogP contribution in [0.2, 0.25) is 5.15 Å². The molecule has 0 amide bonds. The monoisotopic (exact) mass is 272 g/mol. The second-order valence-corrected chi connectivity index (χ2v) is 4.88. The number of aliphatic hydroxyl groups excluding tert-OH is 1. The molecule has 2 heterocycles. The van der Waals surface area contributed by atoms with Gasteiger partial charge in [-0.05, 0) is 12.1 Å². The first-order valence-electron chi connectivity index (χ1n) is 5.68. The van der Waals surface area contributed by atoms with Gasteiger partial charge in [0, 0.05) is 11.1 Å². The molecule has 0 fully saturated rings. The maximum atomic E-state index is 9.74. The number of pyridine rings is 1. The molecule has 4 nitrogen and oxygen atoms in total. The van der Waals surface area contributed by atoms with Crippen LogP contribution in [0.15, 0.2) is 30.5 Å². The molecule has 19 heavy (non-hydrogen) atoms. The fourth-order valence-corrected chi connectivity index (χ4v) is 2.42. The molecule has 0 aliphatic carbocycles. The lowest BCUT2D eigenvalue weighted by molar-refractivity contribution is 0.212. The Hall–Kier alpha value is -1.56. The molecule has 0 saturated carbocycles. The Kier molecular flexibility index (Phi) is 2.78. The number of hydrogen-bond acceptors (Lipinski definition) is 4. The fraction of sp³-hybridized carbons (Fsp3) is 0.154.